The van der Waals surface area contributed by atoms with E-state index < -0.39 is 16.4 Å². The van der Waals surface area contributed by atoms with Crippen molar-refractivity contribution < 1.29 is 4.21 Å². The number of pyridine rings is 1. The Hall–Kier alpha value is -1.90. The van der Waals surface area contributed by atoms with Gasteiger partial charge in [0.15, 0.2) is 0 Å². The summed E-state index contributed by atoms with van der Waals surface area (Å²) < 4.78 is 11.8. The van der Waals surface area contributed by atoms with Crippen LogP contribution in [-0.4, -0.2) is 15.4 Å². The summed E-state index contributed by atoms with van der Waals surface area (Å²) in [6, 6.07) is 8.67. The van der Waals surface area contributed by atoms with Gasteiger partial charge in [-0.2, -0.15) is 5.26 Å². The van der Waals surface area contributed by atoms with E-state index in [0.717, 1.165) is 5.56 Å². The highest BCUT2D eigenvalue weighted by Gasteiger charge is 2.16. The van der Waals surface area contributed by atoms with Crippen molar-refractivity contribution in [1.29, 1.82) is 5.26 Å². The zero-order valence-electron chi connectivity index (χ0n) is 9.94. The Labute approximate surface area is 117 Å². The van der Waals surface area contributed by atoms with Crippen molar-refractivity contribution in [2.24, 2.45) is 0 Å². The topological polar surface area (TPSA) is 73.7 Å². The summed E-state index contributed by atoms with van der Waals surface area (Å²) in [5, 5.41) is 9.61. The second-order valence-electron chi connectivity index (χ2n) is 3.81. The van der Waals surface area contributed by atoms with Crippen molar-refractivity contribution in [2.45, 2.75) is 4.90 Å². The molecule has 0 bridgehead atoms. The molecule has 1 atom stereocenters. The minimum Gasteiger partial charge on any atom is -0.327 e. The van der Waals surface area contributed by atoms with Crippen LogP contribution in [0.1, 0.15) is 5.56 Å². The van der Waals surface area contributed by atoms with Crippen LogP contribution < -0.4 is 5.56 Å². The van der Waals surface area contributed by atoms with Crippen LogP contribution in [0.2, 0.25) is 5.02 Å². The molecule has 0 aliphatic rings. The molecule has 2 rings (SSSR count). The molecule has 0 radical (unpaired) electrons. The van der Waals surface area contributed by atoms with E-state index in [1.807, 2.05) is 0 Å². The standard InChI is InChI=1S/C13H9ClN2O2S/c1-19(18)12-10(6-15)13(17)16-7-11(12)8-2-4-9(14)5-3-8/h2-5,7H,1H3,(H,16,17). The lowest BCUT2D eigenvalue weighted by atomic mass is 10.1. The van der Waals surface area contributed by atoms with Gasteiger partial charge in [-0.15, -0.1) is 0 Å². The van der Waals surface area contributed by atoms with Gasteiger partial charge in [0.25, 0.3) is 5.56 Å². The van der Waals surface area contributed by atoms with Gasteiger partial charge >= 0.3 is 0 Å². The van der Waals surface area contributed by atoms with Crippen molar-refractivity contribution in [3.05, 3.63) is 51.4 Å². The molecule has 4 nitrogen and oxygen atoms in total. The molecule has 0 saturated heterocycles. The van der Waals surface area contributed by atoms with Crippen LogP contribution in [0.3, 0.4) is 0 Å². The van der Waals surface area contributed by atoms with Gasteiger partial charge < -0.3 is 4.98 Å². The van der Waals surface area contributed by atoms with Crippen molar-refractivity contribution >= 4 is 22.4 Å². The number of nitriles is 1. The summed E-state index contributed by atoms with van der Waals surface area (Å²) in [6.07, 6.45) is 2.90. The van der Waals surface area contributed by atoms with Gasteiger partial charge in [0.05, 0.1) is 15.7 Å². The minimum absolute atomic E-state index is 0.117. The number of nitrogens with zero attached hydrogens (tertiary/aromatic N) is 1. The molecule has 0 saturated carbocycles. The van der Waals surface area contributed by atoms with E-state index in [9.17, 15) is 9.00 Å². The summed E-state index contributed by atoms with van der Waals surface area (Å²) in [5.74, 6) is 0. The summed E-state index contributed by atoms with van der Waals surface area (Å²) in [5.41, 5.74) is 0.648. The molecule has 19 heavy (non-hydrogen) atoms. The highest BCUT2D eigenvalue weighted by molar-refractivity contribution is 7.84. The fourth-order valence-electron chi connectivity index (χ4n) is 1.76. The fraction of sp³-hybridized carbons (Fsp3) is 0.0769. The summed E-state index contributed by atoms with van der Waals surface area (Å²) in [6.45, 7) is 0. The van der Waals surface area contributed by atoms with Gasteiger partial charge in [-0.05, 0) is 17.7 Å². The van der Waals surface area contributed by atoms with E-state index >= 15 is 0 Å². The SMILES string of the molecule is CS(=O)c1c(-c2ccc(Cl)cc2)c[nH]c(=O)c1C#N. The molecule has 0 amide bonds. The van der Waals surface area contributed by atoms with E-state index in [2.05, 4.69) is 4.98 Å². The molecule has 96 valence electrons. The van der Waals surface area contributed by atoms with Crippen LogP contribution in [0.4, 0.5) is 0 Å². The van der Waals surface area contributed by atoms with E-state index in [4.69, 9.17) is 16.9 Å². The Morgan fingerprint density at radius 1 is 1.32 bits per heavy atom. The maximum absolute atomic E-state index is 11.8. The lowest BCUT2D eigenvalue weighted by Crippen LogP contribution is -2.14. The van der Waals surface area contributed by atoms with Gasteiger partial charge in [0.2, 0.25) is 0 Å². The van der Waals surface area contributed by atoms with Gasteiger partial charge in [-0.1, -0.05) is 23.7 Å². The van der Waals surface area contributed by atoms with Crippen LogP contribution >= 0.6 is 11.6 Å². The molecule has 1 aromatic carbocycles. The second-order valence-corrected chi connectivity index (χ2v) is 5.56. The average molecular weight is 293 g/mol. The van der Waals surface area contributed by atoms with Crippen LogP contribution in [0, 0.1) is 11.3 Å². The number of rotatable bonds is 2. The van der Waals surface area contributed by atoms with Crippen molar-refractivity contribution in [1.82, 2.24) is 4.98 Å². The van der Waals surface area contributed by atoms with E-state index in [-0.39, 0.29) is 10.5 Å². The molecule has 0 spiro atoms. The number of nitrogens with one attached hydrogen (secondary N) is 1. The molecule has 0 aliphatic heterocycles. The molecule has 1 aromatic heterocycles. The highest BCUT2D eigenvalue weighted by atomic mass is 35.5. The first-order chi connectivity index (χ1) is 9.04. The van der Waals surface area contributed by atoms with Gasteiger partial charge in [-0.3, -0.25) is 9.00 Å². The first-order valence-corrected chi connectivity index (χ1v) is 7.23. The first kappa shape index (κ1) is 13.5. The van der Waals surface area contributed by atoms with E-state index in [0.29, 0.717) is 10.6 Å². The smallest absolute Gasteiger partial charge is 0.267 e. The Morgan fingerprint density at radius 3 is 2.47 bits per heavy atom. The van der Waals surface area contributed by atoms with E-state index in [1.165, 1.54) is 12.5 Å². The molecule has 1 heterocycles. The van der Waals surface area contributed by atoms with Crippen molar-refractivity contribution in [3.63, 3.8) is 0 Å². The zero-order valence-corrected chi connectivity index (χ0v) is 11.5. The quantitative estimate of drug-likeness (QED) is 0.923. The van der Waals surface area contributed by atoms with E-state index in [1.54, 1.807) is 30.3 Å². The third-order valence-corrected chi connectivity index (χ3v) is 3.85. The summed E-state index contributed by atoms with van der Waals surface area (Å²) >= 11 is 5.82. The molecular formula is C13H9ClN2O2S. The molecule has 0 fully saturated rings. The predicted molar refractivity (Wildman–Crippen MR) is 74.6 cm³/mol. The predicted octanol–water partition coefficient (Wildman–Crippen LogP) is 2.30. The molecule has 1 unspecified atom stereocenters. The van der Waals surface area contributed by atoms with Gasteiger partial charge in [0.1, 0.15) is 11.6 Å². The molecule has 6 heteroatoms. The zero-order chi connectivity index (χ0) is 14.0. The average Bonchev–Trinajstić information content (AvgIpc) is 2.39. The number of benzene rings is 1. The second kappa shape index (κ2) is 5.39. The highest BCUT2D eigenvalue weighted by Crippen LogP contribution is 2.27. The van der Waals surface area contributed by atoms with Crippen LogP contribution in [-0.2, 0) is 10.8 Å². The molecular weight excluding hydrogens is 284 g/mol. The normalized spacial score (nSPS) is 11.8. The minimum atomic E-state index is -1.44. The fourth-order valence-corrected chi connectivity index (χ4v) is 2.80. The maximum Gasteiger partial charge on any atom is 0.267 e. The Bertz CT molecular complexity index is 745. The van der Waals surface area contributed by atoms with Crippen molar-refractivity contribution in [2.75, 3.05) is 6.26 Å². The largest absolute Gasteiger partial charge is 0.327 e. The monoisotopic (exact) mass is 292 g/mol. The maximum atomic E-state index is 11.8. The number of hydrogen-bond donors (Lipinski definition) is 1. The molecule has 2 aromatic rings. The van der Waals surface area contributed by atoms with Gasteiger partial charge in [0, 0.05) is 23.0 Å². The third kappa shape index (κ3) is 2.60. The lowest BCUT2D eigenvalue weighted by Gasteiger charge is -2.08. The summed E-state index contributed by atoms with van der Waals surface area (Å²) in [7, 11) is -1.44. The Morgan fingerprint density at radius 2 is 1.95 bits per heavy atom. The Kier molecular flexibility index (Phi) is 3.84. The first-order valence-electron chi connectivity index (χ1n) is 5.29. The molecule has 1 N–H and O–H groups in total. The van der Waals surface area contributed by atoms with Crippen LogP contribution in [0.5, 0.6) is 0 Å². The summed E-state index contributed by atoms with van der Waals surface area (Å²) in [4.78, 5) is 14.3. The number of aromatic nitrogens is 1. The third-order valence-electron chi connectivity index (χ3n) is 2.60. The Balaban J connectivity index is 2.78. The number of aromatic amines is 1. The molecule has 0 aliphatic carbocycles. The number of H-pyrrole nitrogens is 1. The van der Waals surface area contributed by atoms with Gasteiger partial charge in [-0.25, -0.2) is 0 Å². The number of hydrogen-bond acceptors (Lipinski definition) is 3. The van der Waals surface area contributed by atoms with Crippen molar-refractivity contribution in [3.8, 4) is 17.2 Å². The van der Waals surface area contributed by atoms with Crippen LogP contribution in [0.25, 0.3) is 11.1 Å². The number of halogens is 1. The van der Waals surface area contributed by atoms with Crippen LogP contribution in [0.15, 0.2) is 40.2 Å². The lowest BCUT2D eigenvalue weighted by molar-refractivity contribution is 0.686.